The molecule has 2 aromatic carbocycles. The molecule has 3 heterocycles. The Hall–Kier alpha value is -2.38. The number of nitrogens with one attached hydrogen (secondary N) is 1. The average molecular weight is 423 g/mol. The summed E-state index contributed by atoms with van der Waals surface area (Å²) in [6, 6.07) is 14.4. The SMILES string of the molecule is Cc1ccc2nc(SCC(=O)N3CCCC(c4nc5ccccc5s4)C3)[nH]c2c1. The Morgan fingerprint density at radius 2 is 2.14 bits per heavy atom. The number of H-pyrrole nitrogens is 1. The molecule has 5 rings (SSSR count). The van der Waals surface area contributed by atoms with E-state index in [9.17, 15) is 4.79 Å². The van der Waals surface area contributed by atoms with Gasteiger partial charge < -0.3 is 9.88 Å². The molecule has 1 N–H and O–H groups in total. The Bertz CT molecular complexity index is 1150. The van der Waals surface area contributed by atoms with E-state index in [-0.39, 0.29) is 5.91 Å². The van der Waals surface area contributed by atoms with Gasteiger partial charge in [-0.15, -0.1) is 11.3 Å². The fourth-order valence-corrected chi connectivity index (χ4v) is 5.74. The third kappa shape index (κ3) is 3.89. The third-order valence-corrected chi connectivity index (χ3v) is 7.44. The standard InChI is InChI=1S/C22H22N4OS2/c1-14-8-9-16-18(11-14)25-22(24-16)28-13-20(27)26-10-4-5-15(12-26)21-23-17-6-2-3-7-19(17)29-21/h2-3,6-9,11,15H,4-5,10,12-13H2,1H3,(H,24,25). The van der Waals surface area contributed by atoms with Crippen LogP contribution in [0.15, 0.2) is 47.6 Å². The maximum absolute atomic E-state index is 12.8. The number of rotatable bonds is 4. The van der Waals surface area contributed by atoms with Gasteiger partial charge in [0.05, 0.1) is 32.0 Å². The number of carbonyl (C=O) groups is 1. The minimum absolute atomic E-state index is 0.178. The van der Waals surface area contributed by atoms with E-state index >= 15 is 0 Å². The van der Waals surface area contributed by atoms with Crippen LogP contribution >= 0.6 is 23.1 Å². The zero-order chi connectivity index (χ0) is 19.8. The maximum atomic E-state index is 12.8. The van der Waals surface area contributed by atoms with Crippen LogP contribution < -0.4 is 0 Å². The summed E-state index contributed by atoms with van der Waals surface area (Å²) in [7, 11) is 0. The minimum Gasteiger partial charge on any atom is -0.341 e. The number of aromatic nitrogens is 3. The molecule has 0 spiro atoms. The molecule has 0 saturated carbocycles. The molecule has 1 atom stereocenters. The Balaban J connectivity index is 1.24. The van der Waals surface area contributed by atoms with Gasteiger partial charge in [0.2, 0.25) is 5.91 Å². The number of aryl methyl sites for hydroxylation is 1. The van der Waals surface area contributed by atoms with Gasteiger partial charge in [-0.05, 0) is 49.6 Å². The van der Waals surface area contributed by atoms with Gasteiger partial charge in [-0.2, -0.15) is 0 Å². The first-order valence-corrected chi connectivity index (χ1v) is 11.7. The van der Waals surface area contributed by atoms with Gasteiger partial charge in [-0.25, -0.2) is 9.97 Å². The first-order chi connectivity index (χ1) is 14.2. The molecule has 5 nitrogen and oxygen atoms in total. The fraction of sp³-hybridized carbons (Fsp3) is 0.318. The van der Waals surface area contributed by atoms with Crippen molar-refractivity contribution in [2.24, 2.45) is 0 Å². The highest BCUT2D eigenvalue weighted by Crippen LogP contribution is 2.33. The molecule has 1 aliphatic heterocycles. The zero-order valence-electron chi connectivity index (χ0n) is 16.2. The van der Waals surface area contributed by atoms with Crippen LogP contribution in [-0.2, 0) is 4.79 Å². The van der Waals surface area contributed by atoms with Crippen LogP contribution in [0.3, 0.4) is 0 Å². The van der Waals surface area contributed by atoms with Gasteiger partial charge in [0.15, 0.2) is 5.16 Å². The summed E-state index contributed by atoms with van der Waals surface area (Å²) in [6.45, 7) is 3.66. The lowest BCUT2D eigenvalue weighted by Crippen LogP contribution is -2.40. The first kappa shape index (κ1) is 18.6. The van der Waals surface area contributed by atoms with Crippen molar-refractivity contribution in [1.29, 1.82) is 0 Å². The second-order valence-corrected chi connectivity index (χ2v) is 9.58. The number of amides is 1. The molecule has 4 aromatic rings. The van der Waals surface area contributed by atoms with Crippen LogP contribution in [0, 0.1) is 6.92 Å². The number of fused-ring (bicyclic) bond motifs is 2. The largest absolute Gasteiger partial charge is 0.341 e. The smallest absolute Gasteiger partial charge is 0.233 e. The number of hydrogen-bond acceptors (Lipinski definition) is 5. The van der Waals surface area contributed by atoms with Crippen molar-refractivity contribution in [2.45, 2.75) is 30.8 Å². The van der Waals surface area contributed by atoms with E-state index in [4.69, 9.17) is 4.98 Å². The van der Waals surface area contributed by atoms with Crippen LogP contribution in [0.25, 0.3) is 21.3 Å². The lowest BCUT2D eigenvalue weighted by atomic mass is 9.99. The van der Waals surface area contributed by atoms with E-state index in [0.29, 0.717) is 11.7 Å². The molecule has 1 fully saturated rings. The number of piperidine rings is 1. The second-order valence-electron chi connectivity index (χ2n) is 7.55. The van der Waals surface area contributed by atoms with Gasteiger partial charge in [0, 0.05) is 19.0 Å². The molecule has 0 radical (unpaired) electrons. The number of benzene rings is 2. The predicted molar refractivity (Wildman–Crippen MR) is 120 cm³/mol. The molecule has 2 aromatic heterocycles. The van der Waals surface area contributed by atoms with Crippen molar-refractivity contribution >= 4 is 50.3 Å². The highest BCUT2D eigenvalue weighted by atomic mass is 32.2. The summed E-state index contributed by atoms with van der Waals surface area (Å²) < 4.78 is 1.22. The van der Waals surface area contributed by atoms with Crippen LogP contribution in [-0.4, -0.2) is 44.6 Å². The van der Waals surface area contributed by atoms with Crippen LogP contribution in [0.4, 0.5) is 0 Å². The quantitative estimate of drug-likeness (QED) is 0.471. The number of carbonyl (C=O) groups excluding carboxylic acids is 1. The Morgan fingerprint density at radius 1 is 1.24 bits per heavy atom. The molecule has 0 bridgehead atoms. The van der Waals surface area contributed by atoms with Gasteiger partial charge in [-0.1, -0.05) is 30.0 Å². The summed E-state index contributed by atoms with van der Waals surface area (Å²) >= 11 is 3.25. The summed E-state index contributed by atoms with van der Waals surface area (Å²) in [4.78, 5) is 27.6. The summed E-state index contributed by atoms with van der Waals surface area (Å²) in [5, 5.41) is 1.96. The lowest BCUT2D eigenvalue weighted by molar-refractivity contribution is -0.129. The zero-order valence-corrected chi connectivity index (χ0v) is 17.9. The van der Waals surface area contributed by atoms with E-state index in [1.807, 2.05) is 17.0 Å². The fourth-order valence-electron chi connectivity index (χ4n) is 3.86. The molecule has 1 unspecified atom stereocenters. The number of para-hydroxylation sites is 1. The summed E-state index contributed by atoms with van der Waals surface area (Å²) in [6.07, 6.45) is 2.13. The highest BCUT2D eigenvalue weighted by Gasteiger charge is 2.27. The summed E-state index contributed by atoms with van der Waals surface area (Å²) in [5.74, 6) is 0.924. The summed E-state index contributed by atoms with van der Waals surface area (Å²) in [5.41, 5.74) is 4.22. The molecule has 29 heavy (non-hydrogen) atoms. The Kier molecular flexibility index (Phi) is 5.01. The molecule has 1 amide bonds. The monoisotopic (exact) mass is 422 g/mol. The highest BCUT2D eigenvalue weighted by molar-refractivity contribution is 7.99. The van der Waals surface area contributed by atoms with Crippen molar-refractivity contribution < 1.29 is 4.79 Å². The molecule has 7 heteroatoms. The van der Waals surface area contributed by atoms with Crippen LogP contribution in [0.1, 0.15) is 29.3 Å². The molecule has 0 aliphatic carbocycles. The Morgan fingerprint density at radius 3 is 3.03 bits per heavy atom. The maximum Gasteiger partial charge on any atom is 0.233 e. The van der Waals surface area contributed by atoms with Crippen LogP contribution in [0.5, 0.6) is 0 Å². The molecule has 148 valence electrons. The lowest BCUT2D eigenvalue weighted by Gasteiger charge is -2.31. The molecule has 1 aliphatic rings. The third-order valence-electron chi connectivity index (χ3n) is 5.38. The average Bonchev–Trinajstić information content (AvgIpc) is 3.35. The number of nitrogens with zero attached hydrogens (tertiary/aromatic N) is 3. The van der Waals surface area contributed by atoms with Crippen molar-refractivity contribution in [1.82, 2.24) is 19.9 Å². The van der Waals surface area contributed by atoms with Gasteiger partial charge in [-0.3, -0.25) is 4.79 Å². The van der Waals surface area contributed by atoms with E-state index < -0.39 is 0 Å². The predicted octanol–water partition coefficient (Wildman–Crippen LogP) is 4.98. The number of likely N-dealkylation sites (tertiary alicyclic amines) is 1. The molecular formula is C22H22N4OS2. The van der Waals surface area contributed by atoms with E-state index in [2.05, 4.69) is 47.2 Å². The van der Waals surface area contributed by atoms with Crippen molar-refractivity contribution in [3.05, 3.63) is 53.0 Å². The molecule has 1 saturated heterocycles. The van der Waals surface area contributed by atoms with Gasteiger partial charge in [0.1, 0.15) is 0 Å². The topological polar surface area (TPSA) is 61.9 Å². The van der Waals surface area contributed by atoms with Crippen molar-refractivity contribution in [3.63, 3.8) is 0 Å². The molecular weight excluding hydrogens is 400 g/mol. The normalized spacial score (nSPS) is 17.3. The van der Waals surface area contributed by atoms with Crippen molar-refractivity contribution in [3.8, 4) is 0 Å². The Labute approximate surface area is 177 Å². The van der Waals surface area contributed by atoms with Crippen LogP contribution in [0.2, 0.25) is 0 Å². The van der Waals surface area contributed by atoms with E-state index in [0.717, 1.165) is 52.6 Å². The number of aromatic amines is 1. The number of thioether (sulfide) groups is 1. The first-order valence-electron chi connectivity index (χ1n) is 9.88. The van der Waals surface area contributed by atoms with E-state index in [1.54, 1.807) is 11.3 Å². The van der Waals surface area contributed by atoms with Gasteiger partial charge >= 0.3 is 0 Å². The minimum atomic E-state index is 0.178. The number of hydrogen-bond donors (Lipinski definition) is 1. The second kappa shape index (κ2) is 7.80. The number of imidazole rings is 1. The van der Waals surface area contributed by atoms with Gasteiger partial charge in [0.25, 0.3) is 0 Å². The number of thiazole rings is 1. The van der Waals surface area contributed by atoms with Crippen molar-refractivity contribution in [2.75, 3.05) is 18.8 Å². The van der Waals surface area contributed by atoms with E-state index in [1.165, 1.54) is 22.0 Å².